The van der Waals surface area contributed by atoms with Gasteiger partial charge in [0.15, 0.2) is 6.61 Å². The number of hydrogen-bond donors (Lipinski definition) is 1. The van der Waals surface area contributed by atoms with Crippen molar-refractivity contribution in [3.63, 3.8) is 0 Å². The Balaban J connectivity index is 2.13. The van der Waals surface area contributed by atoms with E-state index in [-0.39, 0.29) is 16.8 Å². The molecule has 152 valence electrons. The van der Waals surface area contributed by atoms with Gasteiger partial charge in [0.05, 0.1) is 36.6 Å². The molecule has 8 heteroatoms. The van der Waals surface area contributed by atoms with Crippen LogP contribution in [0.2, 0.25) is 0 Å². The summed E-state index contributed by atoms with van der Waals surface area (Å²) in [6.07, 6.45) is 0. The Bertz CT molecular complexity index is 965. The lowest BCUT2D eigenvalue weighted by Crippen LogP contribution is -2.23. The Kier molecular flexibility index (Phi) is 7.08. The first-order chi connectivity index (χ1) is 13.8. The van der Waals surface area contributed by atoms with Crippen LogP contribution in [0.15, 0.2) is 36.4 Å². The standard InChI is InChI=1S/C21H21NO7/c1-12-5-7-15(13(2)9-12)21(26)29-11-18(23)22-17-10-14(19(24)27-3)6-8-16(17)20(25)28-4/h5-10H,11H2,1-4H3,(H,22,23). The Labute approximate surface area is 167 Å². The summed E-state index contributed by atoms with van der Waals surface area (Å²) < 4.78 is 14.4. The summed E-state index contributed by atoms with van der Waals surface area (Å²) in [6, 6.07) is 9.20. The van der Waals surface area contributed by atoms with Gasteiger partial charge < -0.3 is 19.5 Å². The summed E-state index contributed by atoms with van der Waals surface area (Å²) >= 11 is 0. The van der Waals surface area contributed by atoms with Crippen LogP contribution in [-0.2, 0) is 19.0 Å². The quantitative estimate of drug-likeness (QED) is 0.588. The number of nitrogens with one attached hydrogen (secondary N) is 1. The van der Waals surface area contributed by atoms with E-state index in [0.29, 0.717) is 5.56 Å². The number of rotatable bonds is 6. The maximum Gasteiger partial charge on any atom is 0.339 e. The highest BCUT2D eigenvalue weighted by Crippen LogP contribution is 2.20. The second-order valence-electron chi connectivity index (χ2n) is 6.19. The third-order valence-corrected chi connectivity index (χ3v) is 4.06. The van der Waals surface area contributed by atoms with Crippen molar-refractivity contribution >= 4 is 29.5 Å². The number of anilines is 1. The molecule has 2 aromatic rings. The fourth-order valence-electron chi connectivity index (χ4n) is 2.62. The molecule has 0 aromatic heterocycles. The number of methoxy groups -OCH3 is 2. The molecule has 0 fully saturated rings. The fraction of sp³-hybridized carbons (Fsp3) is 0.238. The van der Waals surface area contributed by atoms with Crippen molar-refractivity contribution in [2.24, 2.45) is 0 Å². The molecule has 0 radical (unpaired) electrons. The molecule has 0 bridgehead atoms. The van der Waals surface area contributed by atoms with Gasteiger partial charge in [-0.05, 0) is 43.7 Å². The number of carbonyl (C=O) groups excluding carboxylic acids is 4. The van der Waals surface area contributed by atoms with Crippen molar-refractivity contribution in [3.8, 4) is 0 Å². The minimum atomic E-state index is -0.705. The minimum absolute atomic E-state index is 0.0346. The summed E-state index contributed by atoms with van der Waals surface area (Å²) in [5.41, 5.74) is 2.28. The molecule has 0 aliphatic carbocycles. The lowest BCUT2D eigenvalue weighted by atomic mass is 10.1. The minimum Gasteiger partial charge on any atom is -0.465 e. The molecule has 1 N–H and O–H groups in total. The van der Waals surface area contributed by atoms with Gasteiger partial charge in [-0.15, -0.1) is 0 Å². The summed E-state index contributed by atoms with van der Waals surface area (Å²) in [6.45, 7) is 3.09. The zero-order valence-corrected chi connectivity index (χ0v) is 16.5. The van der Waals surface area contributed by atoms with Crippen molar-refractivity contribution in [1.29, 1.82) is 0 Å². The SMILES string of the molecule is COC(=O)c1ccc(C(=O)OC)c(NC(=O)COC(=O)c2ccc(C)cc2C)c1. The van der Waals surface area contributed by atoms with E-state index in [9.17, 15) is 19.2 Å². The molecule has 1 amide bonds. The number of ether oxygens (including phenoxy) is 3. The molecule has 0 aliphatic rings. The monoisotopic (exact) mass is 399 g/mol. The van der Waals surface area contributed by atoms with Gasteiger partial charge in [-0.2, -0.15) is 0 Å². The number of amides is 1. The first-order valence-electron chi connectivity index (χ1n) is 8.61. The first-order valence-corrected chi connectivity index (χ1v) is 8.61. The maximum absolute atomic E-state index is 12.2. The van der Waals surface area contributed by atoms with Crippen LogP contribution in [0.4, 0.5) is 5.69 Å². The van der Waals surface area contributed by atoms with Crippen LogP contribution in [0, 0.1) is 13.8 Å². The Hall–Kier alpha value is -3.68. The van der Waals surface area contributed by atoms with Crippen LogP contribution < -0.4 is 5.32 Å². The smallest absolute Gasteiger partial charge is 0.339 e. The summed E-state index contributed by atoms with van der Waals surface area (Å²) in [7, 11) is 2.40. The van der Waals surface area contributed by atoms with Crippen molar-refractivity contribution in [2.75, 3.05) is 26.1 Å². The fourth-order valence-corrected chi connectivity index (χ4v) is 2.62. The predicted molar refractivity (Wildman–Crippen MR) is 104 cm³/mol. The molecule has 2 aromatic carbocycles. The highest BCUT2D eigenvalue weighted by Gasteiger charge is 2.18. The molecule has 8 nitrogen and oxygen atoms in total. The molecule has 0 aliphatic heterocycles. The third kappa shape index (κ3) is 5.41. The van der Waals surface area contributed by atoms with E-state index in [2.05, 4.69) is 14.8 Å². The normalized spacial score (nSPS) is 10.1. The highest BCUT2D eigenvalue weighted by atomic mass is 16.5. The lowest BCUT2D eigenvalue weighted by molar-refractivity contribution is -0.119. The van der Waals surface area contributed by atoms with Gasteiger partial charge in [0.25, 0.3) is 5.91 Å². The Morgan fingerprint density at radius 3 is 2.10 bits per heavy atom. The zero-order chi connectivity index (χ0) is 21.6. The van der Waals surface area contributed by atoms with Gasteiger partial charge >= 0.3 is 17.9 Å². The van der Waals surface area contributed by atoms with E-state index >= 15 is 0 Å². The molecular weight excluding hydrogens is 378 g/mol. The number of esters is 3. The predicted octanol–water partition coefficient (Wildman–Crippen LogP) is 2.67. The molecule has 0 saturated carbocycles. The topological polar surface area (TPSA) is 108 Å². The van der Waals surface area contributed by atoms with Crippen molar-refractivity contribution in [3.05, 3.63) is 64.2 Å². The number of aryl methyl sites for hydroxylation is 2. The van der Waals surface area contributed by atoms with E-state index in [4.69, 9.17) is 4.74 Å². The van der Waals surface area contributed by atoms with E-state index < -0.39 is 30.4 Å². The number of benzene rings is 2. The second kappa shape index (κ2) is 9.50. The van der Waals surface area contributed by atoms with E-state index in [1.807, 2.05) is 13.0 Å². The zero-order valence-electron chi connectivity index (χ0n) is 16.5. The summed E-state index contributed by atoms with van der Waals surface area (Å²) in [4.78, 5) is 48.1. The van der Waals surface area contributed by atoms with Crippen LogP contribution in [0.25, 0.3) is 0 Å². The highest BCUT2D eigenvalue weighted by molar-refractivity contribution is 6.04. The van der Waals surface area contributed by atoms with E-state index in [1.54, 1.807) is 19.1 Å². The Morgan fingerprint density at radius 2 is 1.48 bits per heavy atom. The molecule has 2 rings (SSSR count). The first kappa shape index (κ1) is 21.6. The molecule has 0 spiro atoms. The van der Waals surface area contributed by atoms with Crippen LogP contribution in [0.1, 0.15) is 42.2 Å². The molecule has 0 heterocycles. The van der Waals surface area contributed by atoms with Gasteiger partial charge in [0.1, 0.15) is 0 Å². The number of hydrogen-bond acceptors (Lipinski definition) is 7. The average molecular weight is 399 g/mol. The van der Waals surface area contributed by atoms with Crippen LogP contribution in [-0.4, -0.2) is 44.6 Å². The molecule has 0 saturated heterocycles. The second-order valence-corrected chi connectivity index (χ2v) is 6.19. The van der Waals surface area contributed by atoms with Crippen LogP contribution in [0.3, 0.4) is 0 Å². The van der Waals surface area contributed by atoms with Gasteiger partial charge in [0.2, 0.25) is 0 Å². The van der Waals surface area contributed by atoms with Crippen molar-refractivity contribution in [1.82, 2.24) is 0 Å². The van der Waals surface area contributed by atoms with Crippen LogP contribution in [0.5, 0.6) is 0 Å². The Morgan fingerprint density at radius 1 is 0.828 bits per heavy atom. The molecule has 0 unspecified atom stereocenters. The number of carbonyl (C=O) groups is 4. The average Bonchev–Trinajstić information content (AvgIpc) is 2.70. The van der Waals surface area contributed by atoms with Gasteiger partial charge in [-0.3, -0.25) is 4.79 Å². The molecule has 0 atom stereocenters. The van der Waals surface area contributed by atoms with Gasteiger partial charge in [0, 0.05) is 0 Å². The van der Waals surface area contributed by atoms with Crippen LogP contribution >= 0.6 is 0 Å². The summed E-state index contributed by atoms with van der Waals surface area (Å²) in [5.74, 6) is -2.67. The lowest BCUT2D eigenvalue weighted by Gasteiger charge is -2.12. The maximum atomic E-state index is 12.2. The van der Waals surface area contributed by atoms with Crippen molar-refractivity contribution < 1.29 is 33.4 Å². The molecule has 29 heavy (non-hydrogen) atoms. The molecular formula is C21H21NO7. The van der Waals surface area contributed by atoms with Crippen molar-refractivity contribution in [2.45, 2.75) is 13.8 Å². The largest absolute Gasteiger partial charge is 0.465 e. The third-order valence-electron chi connectivity index (χ3n) is 4.06. The van der Waals surface area contributed by atoms with Gasteiger partial charge in [-0.1, -0.05) is 17.7 Å². The van der Waals surface area contributed by atoms with E-state index in [0.717, 1.165) is 11.1 Å². The summed E-state index contributed by atoms with van der Waals surface area (Å²) in [5, 5.41) is 2.45. The van der Waals surface area contributed by atoms with E-state index in [1.165, 1.54) is 32.4 Å². The van der Waals surface area contributed by atoms with Gasteiger partial charge in [-0.25, -0.2) is 14.4 Å².